The van der Waals surface area contributed by atoms with Crippen molar-refractivity contribution in [1.82, 2.24) is 4.90 Å². The molecule has 3 heterocycles. The molecular weight excluding hydrogens is 352 g/mol. The topological polar surface area (TPSA) is 45.2 Å². The Balaban J connectivity index is 1.36. The second-order valence-electron chi connectivity index (χ2n) is 9.55. The van der Waals surface area contributed by atoms with E-state index < -0.39 is 5.60 Å². The molecular formula is C23H36N2O3. The van der Waals surface area contributed by atoms with Gasteiger partial charge in [0.05, 0.1) is 24.4 Å². The van der Waals surface area contributed by atoms with Gasteiger partial charge < -0.3 is 19.5 Å². The van der Waals surface area contributed by atoms with Crippen LogP contribution in [-0.4, -0.2) is 66.6 Å². The molecule has 3 aliphatic heterocycles. The predicted octanol–water partition coefficient (Wildman–Crippen LogP) is 3.45. The van der Waals surface area contributed by atoms with Gasteiger partial charge in [-0.15, -0.1) is 0 Å². The number of hydrogen-bond donors (Lipinski definition) is 1. The molecule has 4 rings (SSSR count). The van der Waals surface area contributed by atoms with E-state index in [0.29, 0.717) is 12.1 Å². The Morgan fingerprint density at radius 3 is 2.68 bits per heavy atom. The van der Waals surface area contributed by atoms with Gasteiger partial charge in [0.1, 0.15) is 5.75 Å². The zero-order valence-corrected chi connectivity index (χ0v) is 17.7. The average Bonchev–Trinajstić information content (AvgIpc) is 2.67. The van der Waals surface area contributed by atoms with Gasteiger partial charge in [0.2, 0.25) is 0 Å². The van der Waals surface area contributed by atoms with Gasteiger partial charge >= 0.3 is 0 Å². The summed E-state index contributed by atoms with van der Waals surface area (Å²) in [4.78, 5) is 4.90. The van der Waals surface area contributed by atoms with Crippen LogP contribution in [0.25, 0.3) is 0 Å². The third-order valence-electron chi connectivity index (χ3n) is 6.95. The van der Waals surface area contributed by atoms with Crippen molar-refractivity contribution in [2.75, 3.05) is 38.2 Å². The summed E-state index contributed by atoms with van der Waals surface area (Å²) in [5, 5.41) is 11.3. The fraction of sp³-hybridized carbons (Fsp3) is 0.739. The number of β-amino-alcohol motifs (C(OH)–C–C–N with tert-alkyl or cyclic N) is 1. The summed E-state index contributed by atoms with van der Waals surface area (Å²) in [6.07, 6.45) is 6.57. The van der Waals surface area contributed by atoms with Crippen LogP contribution in [0.2, 0.25) is 0 Å². The van der Waals surface area contributed by atoms with Crippen molar-refractivity contribution in [3.05, 3.63) is 24.3 Å². The fourth-order valence-electron chi connectivity index (χ4n) is 5.28. The maximum Gasteiger partial charge on any atom is 0.120 e. The molecule has 0 aliphatic carbocycles. The summed E-state index contributed by atoms with van der Waals surface area (Å²) in [7, 11) is 1.70. The highest BCUT2D eigenvalue weighted by atomic mass is 16.5. The molecule has 0 aromatic heterocycles. The molecule has 5 nitrogen and oxygen atoms in total. The lowest BCUT2D eigenvalue weighted by molar-refractivity contribution is -0.167. The van der Waals surface area contributed by atoms with Crippen LogP contribution in [0.15, 0.2) is 24.3 Å². The Hall–Kier alpha value is -1.30. The molecule has 5 heteroatoms. The first-order chi connectivity index (χ1) is 13.4. The van der Waals surface area contributed by atoms with Crippen LogP contribution < -0.4 is 9.64 Å². The van der Waals surface area contributed by atoms with Gasteiger partial charge in [-0.2, -0.15) is 0 Å². The van der Waals surface area contributed by atoms with E-state index >= 15 is 0 Å². The number of anilines is 1. The Labute approximate surface area is 169 Å². The van der Waals surface area contributed by atoms with Gasteiger partial charge in [0.25, 0.3) is 0 Å². The third kappa shape index (κ3) is 4.32. The minimum atomic E-state index is -0.593. The number of benzene rings is 1. The van der Waals surface area contributed by atoms with Gasteiger partial charge in [0, 0.05) is 37.4 Å². The standard InChI is InChI=1S/C23H36N2O3/c1-22(2)10-9-20-21(28-22)8-5-13-25(20)17-23(26)11-14-24(15-12-23)18-6-4-7-19(16-18)27-3/h4,6-7,16,20-21,26H,5,8-15,17H2,1-3H3/t20-,21-/m1/s1. The highest BCUT2D eigenvalue weighted by molar-refractivity contribution is 5.51. The van der Waals surface area contributed by atoms with Gasteiger partial charge in [-0.25, -0.2) is 0 Å². The number of hydrogen-bond acceptors (Lipinski definition) is 5. The average molecular weight is 389 g/mol. The second-order valence-corrected chi connectivity index (χ2v) is 9.55. The molecule has 28 heavy (non-hydrogen) atoms. The molecule has 156 valence electrons. The number of aliphatic hydroxyl groups is 1. The SMILES string of the molecule is COc1cccc(N2CCC(O)(CN3CCC[C@H]4OC(C)(C)CC[C@H]43)CC2)c1. The Morgan fingerprint density at radius 1 is 1.14 bits per heavy atom. The van der Waals surface area contributed by atoms with E-state index in [9.17, 15) is 5.11 Å². The van der Waals surface area contributed by atoms with E-state index in [1.165, 1.54) is 18.5 Å². The van der Waals surface area contributed by atoms with Gasteiger partial charge in [0.15, 0.2) is 0 Å². The maximum absolute atomic E-state index is 11.3. The minimum absolute atomic E-state index is 0.00313. The molecule has 3 fully saturated rings. The monoisotopic (exact) mass is 388 g/mol. The quantitative estimate of drug-likeness (QED) is 0.856. The van der Waals surface area contributed by atoms with Crippen LogP contribution in [0.4, 0.5) is 5.69 Å². The van der Waals surface area contributed by atoms with E-state index in [1.54, 1.807) is 7.11 Å². The molecule has 0 spiro atoms. The normalized spacial score (nSPS) is 29.9. The number of ether oxygens (including phenoxy) is 2. The largest absolute Gasteiger partial charge is 0.497 e. The summed E-state index contributed by atoms with van der Waals surface area (Å²) >= 11 is 0. The van der Waals surface area contributed by atoms with Crippen LogP contribution in [0, 0.1) is 0 Å². The molecule has 0 bridgehead atoms. The van der Waals surface area contributed by atoms with Crippen LogP contribution in [0.1, 0.15) is 52.4 Å². The lowest BCUT2D eigenvalue weighted by Gasteiger charge is -2.51. The maximum atomic E-state index is 11.3. The van der Waals surface area contributed by atoms with E-state index in [0.717, 1.165) is 57.6 Å². The van der Waals surface area contributed by atoms with Crippen LogP contribution in [-0.2, 0) is 4.74 Å². The molecule has 3 saturated heterocycles. The molecule has 0 saturated carbocycles. The van der Waals surface area contributed by atoms with Crippen molar-refractivity contribution < 1.29 is 14.6 Å². The van der Waals surface area contributed by atoms with Crippen molar-refractivity contribution in [2.24, 2.45) is 0 Å². The first kappa shape index (κ1) is 20.0. The van der Waals surface area contributed by atoms with Crippen molar-refractivity contribution in [3.63, 3.8) is 0 Å². The van der Waals surface area contributed by atoms with Gasteiger partial charge in [-0.1, -0.05) is 6.07 Å². The Kier molecular flexibility index (Phi) is 5.60. The van der Waals surface area contributed by atoms with Gasteiger partial charge in [-0.3, -0.25) is 4.90 Å². The number of fused-ring (bicyclic) bond motifs is 1. The van der Waals surface area contributed by atoms with Crippen molar-refractivity contribution >= 4 is 5.69 Å². The number of piperidine rings is 2. The number of rotatable bonds is 4. The molecule has 0 unspecified atom stereocenters. The zero-order valence-electron chi connectivity index (χ0n) is 17.7. The molecule has 2 atom stereocenters. The van der Waals surface area contributed by atoms with Crippen LogP contribution in [0.3, 0.4) is 0 Å². The van der Waals surface area contributed by atoms with Crippen molar-refractivity contribution in [2.45, 2.75) is 75.7 Å². The second kappa shape index (κ2) is 7.85. The number of nitrogens with zero attached hydrogens (tertiary/aromatic N) is 2. The fourth-order valence-corrected chi connectivity index (χ4v) is 5.28. The Bertz CT molecular complexity index is 670. The smallest absolute Gasteiger partial charge is 0.120 e. The van der Waals surface area contributed by atoms with E-state index in [2.05, 4.69) is 35.8 Å². The first-order valence-electron chi connectivity index (χ1n) is 10.9. The zero-order chi connectivity index (χ0) is 19.8. The van der Waals surface area contributed by atoms with E-state index in [1.807, 2.05) is 12.1 Å². The minimum Gasteiger partial charge on any atom is -0.497 e. The summed E-state index contributed by atoms with van der Waals surface area (Å²) in [5.41, 5.74) is 0.593. The van der Waals surface area contributed by atoms with E-state index in [4.69, 9.17) is 9.47 Å². The summed E-state index contributed by atoms with van der Waals surface area (Å²) in [6, 6.07) is 8.70. The lowest BCUT2D eigenvalue weighted by Crippen LogP contribution is -2.60. The number of methoxy groups -OCH3 is 1. The summed E-state index contributed by atoms with van der Waals surface area (Å²) < 4.78 is 11.7. The highest BCUT2D eigenvalue weighted by Gasteiger charge is 2.43. The first-order valence-corrected chi connectivity index (χ1v) is 10.9. The molecule has 0 radical (unpaired) electrons. The van der Waals surface area contributed by atoms with Crippen LogP contribution >= 0.6 is 0 Å². The molecule has 1 aromatic rings. The third-order valence-corrected chi connectivity index (χ3v) is 6.95. The molecule has 1 aromatic carbocycles. The van der Waals surface area contributed by atoms with Gasteiger partial charge in [-0.05, 0) is 71.0 Å². The molecule has 1 N–H and O–H groups in total. The number of likely N-dealkylation sites (tertiary alicyclic amines) is 1. The Morgan fingerprint density at radius 2 is 1.93 bits per heavy atom. The molecule has 0 amide bonds. The van der Waals surface area contributed by atoms with Crippen LogP contribution in [0.5, 0.6) is 5.75 Å². The summed E-state index contributed by atoms with van der Waals surface area (Å²) in [5.74, 6) is 0.887. The van der Waals surface area contributed by atoms with Crippen molar-refractivity contribution in [3.8, 4) is 5.75 Å². The lowest BCUT2D eigenvalue weighted by atomic mass is 9.84. The predicted molar refractivity (Wildman–Crippen MR) is 112 cm³/mol. The van der Waals surface area contributed by atoms with E-state index in [-0.39, 0.29) is 5.60 Å². The highest BCUT2D eigenvalue weighted by Crippen LogP contribution is 2.37. The summed E-state index contributed by atoms with van der Waals surface area (Å²) in [6.45, 7) is 8.06. The molecule has 3 aliphatic rings. The van der Waals surface area contributed by atoms with Crippen molar-refractivity contribution in [1.29, 1.82) is 0 Å².